The Labute approximate surface area is 159 Å². The summed E-state index contributed by atoms with van der Waals surface area (Å²) in [6, 6.07) is 6.29. The van der Waals surface area contributed by atoms with Crippen molar-refractivity contribution in [3.8, 4) is 0 Å². The third-order valence-electron chi connectivity index (χ3n) is 5.33. The summed E-state index contributed by atoms with van der Waals surface area (Å²) in [7, 11) is -2.59. The quantitative estimate of drug-likeness (QED) is 0.552. The minimum Gasteiger partial charge on any atom is -0.514 e. The molecule has 4 nitrogen and oxygen atoms in total. The first-order chi connectivity index (χ1) is 11.9. The van der Waals surface area contributed by atoms with Crippen LogP contribution < -0.4 is 0 Å². The fourth-order valence-corrected chi connectivity index (χ4v) is 11.2. The van der Waals surface area contributed by atoms with Crippen LogP contribution in [0.1, 0.15) is 82.5 Å². The van der Waals surface area contributed by atoms with Crippen LogP contribution in [-0.4, -0.2) is 25.4 Å². The molecule has 26 heavy (non-hydrogen) atoms. The fraction of sp³-hybridized carbons (Fsp3) is 0.619. The van der Waals surface area contributed by atoms with E-state index in [1.807, 2.05) is 0 Å². The lowest BCUT2D eigenvalue weighted by Crippen LogP contribution is -2.55. The van der Waals surface area contributed by atoms with E-state index in [0.29, 0.717) is 5.92 Å². The number of hydrogen-bond acceptors (Lipinski definition) is 3. The molecule has 0 heterocycles. The van der Waals surface area contributed by atoms with Crippen molar-refractivity contribution in [3.05, 3.63) is 35.4 Å². The van der Waals surface area contributed by atoms with Gasteiger partial charge in [0.25, 0.3) is 8.32 Å². The largest absolute Gasteiger partial charge is 0.514 e. The maximum atomic E-state index is 13.1. The molecule has 0 aromatic heterocycles. The van der Waals surface area contributed by atoms with Gasteiger partial charge in [-0.05, 0) is 40.6 Å². The SMILES string of the molecule is CC(C)CC(C)(C)[Si](OC(=O)c1ccccc1C(=O)O)(C(C)C)C(C)C. The van der Waals surface area contributed by atoms with Gasteiger partial charge in [-0.3, -0.25) is 0 Å². The van der Waals surface area contributed by atoms with Crippen molar-refractivity contribution >= 4 is 20.3 Å². The van der Waals surface area contributed by atoms with Gasteiger partial charge >= 0.3 is 11.9 Å². The lowest BCUT2D eigenvalue weighted by Gasteiger charge is -2.49. The summed E-state index contributed by atoms with van der Waals surface area (Å²) in [4.78, 5) is 24.6. The maximum Gasteiger partial charge on any atom is 0.336 e. The zero-order chi connectivity index (χ0) is 20.3. The van der Waals surface area contributed by atoms with Crippen LogP contribution in [0.2, 0.25) is 16.1 Å². The molecule has 0 bridgehead atoms. The molecule has 0 saturated heterocycles. The van der Waals surface area contributed by atoms with E-state index in [-0.39, 0.29) is 27.2 Å². The summed E-state index contributed by atoms with van der Waals surface area (Å²) in [6.45, 7) is 17.3. The van der Waals surface area contributed by atoms with Crippen LogP contribution in [0.3, 0.4) is 0 Å². The molecule has 0 saturated carbocycles. The number of rotatable bonds is 8. The average Bonchev–Trinajstić information content (AvgIpc) is 2.49. The zero-order valence-corrected chi connectivity index (χ0v) is 18.4. The van der Waals surface area contributed by atoms with Crippen molar-refractivity contribution in [2.24, 2.45) is 5.92 Å². The topological polar surface area (TPSA) is 63.6 Å². The molecule has 1 aromatic carbocycles. The number of carbonyl (C=O) groups is 2. The maximum absolute atomic E-state index is 13.1. The monoisotopic (exact) mass is 378 g/mol. The van der Waals surface area contributed by atoms with Crippen LogP contribution in [0.4, 0.5) is 0 Å². The molecular weight excluding hydrogens is 344 g/mol. The van der Waals surface area contributed by atoms with Crippen LogP contribution in [-0.2, 0) is 4.43 Å². The van der Waals surface area contributed by atoms with Crippen LogP contribution in [0.5, 0.6) is 0 Å². The molecule has 0 atom stereocenters. The van der Waals surface area contributed by atoms with E-state index in [2.05, 4.69) is 55.4 Å². The first-order valence-electron chi connectivity index (χ1n) is 9.42. The molecule has 0 aliphatic carbocycles. The third kappa shape index (κ3) is 4.37. The fourth-order valence-electron chi connectivity index (χ4n) is 4.84. The Hall–Kier alpha value is -1.62. The van der Waals surface area contributed by atoms with E-state index in [4.69, 9.17) is 4.43 Å². The van der Waals surface area contributed by atoms with Gasteiger partial charge in [-0.15, -0.1) is 0 Å². The number of carboxylic acid groups (broad SMARTS) is 1. The second kappa shape index (κ2) is 8.38. The minimum atomic E-state index is -2.59. The van der Waals surface area contributed by atoms with E-state index in [0.717, 1.165) is 6.42 Å². The van der Waals surface area contributed by atoms with Crippen molar-refractivity contribution in [2.45, 2.75) is 77.9 Å². The molecule has 0 aliphatic rings. The molecule has 0 aliphatic heterocycles. The van der Waals surface area contributed by atoms with Crippen molar-refractivity contribution in [1.82, 2.24) is 0 Å². The lowest BCUT2D eigenvalue weighted by molar-refractivity contribution is 0.0650. The summed E-state index contributed by atoms with van der Waals surface area (Å²) < 4.78 is 6.34. The summed E-state index contributed by atoms with van der Waals surface area (Å²) >= 11 is 0. The second-order valence-corrected chi connectivity index (χ2v) is 14.3. The number of benzene rings is 1. The number of aromatic carboxylic acids is 1. The number of carboxylic acids is 1. The van der Waals surface area contributed by atoms with Crippen molar-refractivity contribution < 1.29 is 19.1 Å². The van der Waals surface area contributed by atoms with Gasteiger partial charge in [0, 0.05) is 0 Å². The zero-order valence-electron chi connectivity index (χ0n) is 17.4. The molecule has 0 spiro atoms. The number of carbonyl (C=O) groups excluding carboxylic acids is 1. The first-order valence-corrected chi connectivity index (χ1v) is 11.5. The molecule has 5 heteroatoms. The van der Waals surface area contributed by atoms with Gasteiger partial charge in [0.15, 0.2) is 0 Å². The number of hydrogen-bond donors (Lipinski definition) is 1. The smallest absolute Gasteiger partial charge is 0.336 e. The second-order valence-electron chi connectivity index (χ2n) is 8.82. The average molecular weight is 379 g/mol. The van der Waals surface area contributed by atoms with Gasteiger partial charge in [-0.2, -0.15) is 0 Å². The minimum absolute atomic E-state index is 0.00502. The molecule has 146 valence electrons. The Morgan fingerprint density at radius 1 is 1.00 bits per heavy atom. The van der Waals surface area contributed by atoms with Gasteiger partial charge in [0.1, 0.15) is 0 Å². The van der Waals surface area contributed by atoms with E-state index in [9.17, 15) is 14.7 Å². The molecular formula is C21H34O4Si. The highest BCUT2D eigenvalue weighted by molar-refractivity contribution is 6.80. The Morgan fingerprint density at radius 2 is 1.46 bits per heavy atom. The van der Waals surface area contributed by atoms with E-state index in [1.54, 1.807) is 18.2 Å². The van der Waals surface area contributed by atoms with Gasteiger partial charge in [0.2, 0.25) is 0 Å². The Balaban J connectivity index is 3.43. The van der Waals surface area contributed by atoms with Crippen LogP contribution in [0.15, 0.2) is 24.3 Å². The van der Waals surface area contributed by atoms with Gasteiger partial charge in [0.05, 0.1) is 11.1 Å². The van der Waals surface area contributed by atoms with Gasteiger partial charge in [-0.25, -0.2) is 9.59 Å². The Kier molecular flexibility index (Phi) is 7.22. The highest BCUT2D eigenvalue weighted by Crippen LogP contribution is 2.54. The Morgan fingerprint density at radius 3 is 1.85 bits per heavy atom. The molecule has 0 radical (unpaired) electrons. The van der Waals surface area contributed by atoms with E-state index < -0.39 is 20.3 Å². The van der Waals surface area contributed by atoms with Crippen molar-refractivity contribution in [1.29, 1.82) is 0 Å². The molecule has 1 rings (SSSR count). The van der Waals surface area contributed by atoms with Crippen LogP contribution in [0.25, 0.3) is 0 Å². The van der Waals surface area contributed by atoms with Crippen molar-refractivity contribution in [3.63, 3.8) is 0 Å². The Bertz CT molecular complexity index is 639. The van der Waals surface area contributed by atoms with Gasteiger partial charge in [-0.1, -0.05) is 67.5 Å². The third-order valence-corrected chi connectivity index (χ3v) is 11.6. The molecule has 1 N–H and O–H groups in total. The summed E-state index contributed by atoms with van der Waals surface area (Å²) in [6.07, 6.45) is 0.962. The van der Waals surface area contributed by atoms with Crippen LogP contribution in [0, 0.1) is 5.92 Å². The van der Waals surface area contributed by atoms with E-state index >= 15 is 0 Å². The molecule has 1 aromatic rings. The normalized spacial score (nSPS) is 12.7. The van der Waals surface area contributed by atoms with Crippen LogP contribution >= 0.6 is 0 Å². The predicted molar refractivity (Wildman–Crippen MR) is 108 cm³/mol. The highest BCUT2D eigenvalue weighted by Gasteiger charge is 2.56. The molecule has 0 amide bonds. The van der Waals surface area contributed by atoms with E-state index in [1.165, 1.54) is 6.07 Å². The lowest BCUT2D eigenvalue weighted by atomic mass is 10.00. The van der Waals surface area contributed by atoms with Crippen molar-refractivity contribution in [2.75, 3.05) is 0 Å². The summed E-state index contributed by atoms with van der Waals surface area (Å²) in [5.74, 6) is -1.13. The van der Waals surface area contributed by atoms with Gasteiger partial charge < -0.3 is 9.53 Å². The molecule has 0 fully saturated rings. The first kappa shape index (κ1) is 22.4. The molecule has 0 unspecified atom stereocenters. The predicted octanol–water partition coefficient (Wildman–Crippen LogP) is 6.13. The summed E-state index contributed by atoms with van der Waals surface area (Å²) in [5.41, 5.74) is 0.572. The summed E-state index contributed by atoms with van der Waals surface area (Å²) in [5, 5.41) is 9.29. The highest BCUT2D eigenvalue weighted by atomic mass is 28.4. The standard InChI is InChI=1S/C21H34O4Si/c1-14(2)13-21(7,8)26(15(3)4,16(5)6)25-20(24)18-12-10-9-11-17(18)19(22)23/h9-12,14-16H,13H2,1-8H3,(H,22,23).